The highest BCUT2D eigenvalue weighted by atomic mass is 15.5. The lowest BCUT2D eigenvalue weighted by Crippen LogP contribution is -2.03. The quantitative estimate of drug-likeness (QED) is 0.537. The highest BCUT2D eigenvalue weighted by molar-refractivity contribution is 5.76. The molecular weight excluding hydrogens is 130 g/mol. The Morgan fingerprint density at radius 1 is 1.60 bits per heavy atom. The molecule has 1 aliphatic heterocycles. The number of hydrogen-bond acceptors (Lipinski definition) is 4. The van der Waals surface area contributed by atoms with Gasteiger partial charge in [0, 0.05) is 7.05 Å². The lowest BCUT2D eigenvalue weighted by atomic mass is 10.4. The Morgan fingerprint density at radius 2 is 2.50 bits per heavy atom. The molecule has 1 aliphatic rings. The van der Waals surface area contributed by atoms with Crippen molar-refractivity contribution in [1.29, 1.82) is 0 Å². The maximum absolute atomic E-state index is 4.08. The maximum Gasteiger partial charge on any atom is 0.178 e. The number of hydrogen-bond donors (Lipinski definition) is 1. The number of fused-ring (bicyclic) bond motifs is 1. The summed E-state index contributed by atoms with van der Waals surface area (Å²) in [6.45, 7) is 0.635. The predicted molar refractivity (Wildman–Crippen MR) is 36.8 cm³/mol. The second-order valence-corrected chi connectivity index (χ2v) is 2.10. The molecule has 52 valence electrons. The van der Waals surface area contributed by atoms with Crippen LogP contribution in [0.1, 0.15) is 5.69 Å². The number of aliphatic imine (C=N–C) groups is 1. The maximum atomic E-state index is 4.08. The first-order valence-electron chi connectivity index (χ1n) is 3.01. The van der Waals surface area contributed by atoms with Crippen LogP contribution in [0, 0.1) is 0 Å². The van der Waals surface area contributed by atoms with E-state index >= 15 is 0 Å². The highest BCUT2D eigenvalue weighted by Gasteiger charge is 2.09. The Bertz CT molecular complexity index is 248. The lowest BCUT2D eigenvalue weighted by Gasteiger charge is -2.00. The summed E-state index contributed by atoms with van der Waals surface area (Å²) in [7, 11) is 1.79. The first-order chi connectivity index (χ1) is 4.86. The molecule has 0 fully saturated rings. The van der Waals surface area contributed by atoms with Gasteiger partial charge < -0.3 is 5.32 Å². The molecule has 1 aromatic heterocycles. The molecule has 10 heavy (non-hydrogen) atoms. The summed E-state index contributed by atoms with van der Waals surface area (Å²) < 4.78 is 0. The van der Waals surface area contributed by atoms with Crippen LogP contribution in [0.15, 0.2) is 4.99 Å². The summed E-state index contributed by atoms with van der Waals surface area (Å²) in [5.41, 5.74) is 0.907. The molecule has 5 heteroatoms. The van der Waals surface area contributed by atoms with Crippen LogP contribution in [-0.4, -0.2) is 21.3 Å². The van der Waals surface area contributed by atoms with E-state index in [1.165, 1.54) is 4.80 Å². The molecule has 0 saturated carbocycles. The zero-order valence-electron chi connectivity index (χ0n) is 5.57. The van der Waals surface area contributed by atoms with Gasteiger partial charge in [-0.05, 0) is 0 Å². The summed E-state index contributed by atoms with van der Waals surface area (Å²) in [5.74, 6) is 0.817. The number of aryl methyl sites for hydroxylation is 1. The van der Waals surface area contributed by atoms with Crippen LogP contribution in [0.4, 0.5) is 5.82 Å². The minimum Gasteiger partial charge on any atom is -0.328 e. The first kappa shape index (κ1) is 5.40. The zero-order valence-corrected chi connectivity index (χ0v) is 5.57. The van der Waals surface area contributed by atoms with Gasteiger partial charge in [0.15, 0.2) is 5.82 Å². The molecule has 0 radical (unpaired) electrons. The molecule has 0 aromatic carbocycles. The van der Waals surface area contributed by atoms with E-state index in [1.807, 2.05) is 0 Å². The van der Waals surface area contributed by atoms with Crippen molar-refractivity contribution in [3.63, 3.8) is 0 Å². The fraction of sp³-hybridized carbons (Fsp3) is 0.400. The third kappa shape index (κ3) is 0.671. The highest BCUT2D eigenvalue weighted by Crippen LogP contribution is 2.11. The van der Waals surface area contributed by atoms with Crippen LogP contribution >= 0.6 is 0 Å². The van der Waals surface area contributed by atoms with Crippen molar-refractivity contribution in [3.05, 3.63) is 5.69 Å². The van der Waals surface area contributed by atoms with Crippen molar-refractivity contribution in [1.82, 2.24) is 15.0 Å². The molecule has 0 aliphatic carbocycles. The van der Waals surface area contributed by atoms with Crippen LogP contribution in [-0.2, 0) is 13.6 Å². The average Bonchev–Trinajstić information content (AvgIpc) is 2.27. The Balaban J connectivity index is 2.46. The van der Waals surface area contributed by atoms with E-state index in [1.54, 1.807) is 13.4 Å². The largest absolute Gasteiger partial charge is 0.328 e. The van der Waals surface area contributed by atoms with Crippen molar-refractivity contribution in [3.8, 4) is 0 Å². The Morgan fingerprint density at radius 3 is 3.30 bits per heavy atom. The fourth-order valence-corrected chi connectivity index (χ4v) is 0.904. The molecule has 1 N–H and O–H groups in total. The second-order valence-electron chi connectivity index (χ2n) is 2.10. The van der Waals surface area contributed by atoms with Crippen LogP contribution < -0.4 is 5.32 Å². The van der Waals surface area contributed by atoms with Crippen molar-refractivity contribution < 1.29 is 0 Å². The topological polar surface area (TPSA) is 55.1 Å². The molecule has 0 amide bonds. The standard InChI is InChI=1S/C5H7N5/c1-10-8-4-2-6-3-7-5(4)9-10/h3H,2H2,1H3,(H,6,7,9). The van der Waals surface area contributed by atoms with Gasteiger partial charge in [0.2, 0.25) is 0 Å². The minimum atomic E-state index is 0.635. The molecule has 2 heterocycles. The lowest BCUT2D eigenvalue weighted by molar-refractivity contribution is 0.647. The molecule has 0 bridgehead atoms. The van der Waals surface area contributed by atoms with Crippen molar-refractivity contribution in [2.24, 2.45) is 12.0 Å². The van der Waals surface area contributed by atoms with Crippen molar-refractivity contribution in [2.75, 3.05) is 5.32 Å². The number of aromatic nitrogens is 3. The molecule has 2 rings (SSSR count). The number of nitrogens with one attached hydrogen (secondary N) is 1. The normalized spacial score (nSPS) is 14.5. The van der Waals surface area contributed by atoms with E-state index in [0.717, 1.165) is 11.5 Å². The van der Waals surface area contributed by atoms with Gasteiger partial charge in [-0.1, -0.05) is 0 Å². The number of anilines is 1. The van der Waals surface area contributed by atoms with Crippen molar-refractivity contribution in [2.45, 2.75) is 6.54 Å². The van der Waals surface area contributed by atoms with E-state index in [0.29, 0.717) is 6.54 Å². The van der Waals surface area contributed by atoms with Crippen LogP contribution in [0.2, 0.25) is 0 Å². The Hall–Kier alpha value is -1.39. The molecule has 0 spiro atoms. The molecule has 0 unspecified atom stereocenters. The molecule has 5 nitrogen and oxygen atoms in total. The van der Waals surface area contributed by atoms with Crippen LogP contribution in [0.25, 0.3) is 0 Å². The van der Waals surface area contributed by atoms with Crippen LogP contribution in [0.5, 0.6) is 0 Å². The van der Waals surface area contributed by atoms with Crippen molar-refractivity contribution >= 4 is 12.2 Å². The van der Waals surface area contributed by atoms with Gasteiger partial charge in [-0.25, -0.2) is 0 Å². The summed E-state index contributed by atoms with van der Waals surface area (Å²) >= 11 is 0. The molecule has 0 saturated heterocycles. The molecule has 1 aromatic rings. The Labute approximate surface area is 57.8 Å². The summed E-state index contributed by atoms with van der Waals surface area (Å²) in [4.78, 5) is 5.51. The Kier molecular flexibility index (Phi) is 0.969. The predicted octanol–water partition coefficient (Wildman–Crippen LogP) is -0.231. The van der Waals surface area contributed by atoms with E-state index in [9.17, 15) is 0 Å². The SMILES string of the molecule is Cn1nc2c(n1)NC=NC2. The molecular formula is C5H7N5. The zero-order chi connectivity index (χ0) is 6.97. The minimum absolute atomic E-state index is 0.635. The third-order valence-electron chi connectivity index (χ3n) is 1.32. The first-order valence-corrected chi connectivity index (χ1v) is 3.01. The third-order valence-corrected chi connectivity index (χ3v) is 1.32. The van der Waals surface area contributed by atoms with Gasteiger partial charge in [0.1, 0.15) is 5.69 Å². The van der Waals surface area contributed by atoms with Gasteiger partial charge in [-0.15, -0.1) is 5.10 Å². The second kappa shape index (κ2) is 1.80. The van der Waals surface area contributed by atoms with Gasteiger partial charge in [-0.2, -0.15) is 9.90 Å². The van der Waals surface area contributed by atoms with Gasteiger partial charge in [-0.3, -0.25) is 4.99 Å². The van der Waals surface area contributed by atoms with Gasteiger partial charge in [0.05, 0.1) is 12.9 Å². The van der Waals surface area contributed by atoms with E-state index in [-0.39, 0.29) is 0 Å². The van der Waals surface area contributed by atoms with Gasteiger partial charge >= 0.3 is 0 Å². The molecule has 0 atom stereocenters. The smallest absolute Gasteiger partial charge is 0.178 e. The number of rotatable bonds is 0. The van der Waals surface area contributed by atoms with E-state index < -0.39 is 0 Å². The van der Waals surface area contributed by atoms with E-state index in [4.69, 9.17) is 0 Å². The fourth-order valence-electron chi connectivity index (χ4n) is 0.904. The summed E-state index contributed by atoms with van der Waals surface area (Å²) in [6, 6.07) is 0. The van der Waals surface area contributed by atoms with Gasteiger partial charge in [0.25, 0.3) is 0 Å². The van der Waals surface area contributed by atoms with E-state index in [2.05, 4.69) is 20.5 Å². The average molecular weight is 137 g/mol. The van der Waals surface area contributed by atoms with Crippen LogP contribution in [0.3, 0.4) is 0 Å². The summed E-state index contributed by atoms with van der Waals surface area (Å²) in [6.07, 6.45) is 1.64. The monoisotopic (exact) mass is 137 g/mol. The summed E-state index contributed by atoms with van der Waals surface area (Å²) in [5, 5.41) is 11.0. The number of nitrogens with zero attached hydrogens (tertiary/aromatic N) is 4.